The zero-order chi connectivity index (χ0) is 16.4. The van der Waals surface area contributed by atoms with Crippen LogP contribution >= 0.6 is 0 Å². The third-order valence-corrected chi connectivity index (χ3v) is 4.26. The van der Waals surface area contributed by atoms with Crippen molar-refractivity contribution in [3.8, 4) is 0 Å². The van der Waals surface area contributed by atoms with Crippen molar-refractivity contribution < 1.29 is 18.4 Å². The van der Waals surface area contributed by atoms with Crippen molar-refractivity contribution in [1.82, 2.24) is 15.5 Å². The van der Waals surface area contributed by atoms with Gasteiger partial charge in [0.2, 0.25) is 11.8 Å². The van der Waals surface area contributed by atoms with E-state index in [4.69, 9.17) is 0 Å². The number of halogens is 2. The van der Waals surface area contributed by atoms with Gasteiger partial charge in [-0.2, -0.15) is 0 Å². The van der Waals surface area contributed by atoms with Gasteiger partial charge in [-0.15, -0.1) is 0 Å². The molecule has 2 heterocycles. The highest BCUT2D eigenvalue weighted by Crippen LogP contribution is 2.25. The van der Waals surface area contributed by atoms with E-state index in [1.165, 1.54) is 0 Å². The number of hydrogen-bond donors (Lipinski definition) is 2. The van der Waals surface area contributed by atoms with Crippen LogP contribution < -0.4 is 10.6 Å². The number of rotatable bonds is 4. The van der Waals surface area contributed by atoms with Gasteiger partial charge in [-0.05, 0) is 12.0 Å². The Morgan fingerprint density at radius 2 is 2.09 bits per heavy atom. The zero-order valence-electron chi connectivity index (χ0n) is 12.6. The molecule has 0 saturated carbocycles. The second-order valence-electron chi connectivity index (χ2n) is 6.09. The van der Waals surface area contributed by atoms with Crippen molar-refractivity contribution in [3.05, 3.63) is 35.9 Å². The van der Waals surface area contributed by atoms with Crippen LogP contribution in [0.25, 0.3) is 0 Å². The Morgan fingerprint density at radius 1 is 1.35 bits per heavy atom. The maximum absolute atomic E-state index is 13.1. The lowest BCUT2D eigenvalue weighted by Gasteiger charge is -2.18. The van der Waals surface area contributed by atoms with E-state index in [-0.39, 0.29) is 5.91 Å². The zero-order valence-corrected chi connectivity index (χ0v) is 12.6. The average molecular weight is 323 g/mol. The van der Waals surface area contributed by atoms with Crippen LogP contribution in [0.15, 0.2) is 30.3 Å². The van der Waals surface area contributed by atoms with Crippen molar-refractivity contribution in [2.75, 3.05) is 13.1 Å². The van der Waals surface area contributed by atoms with Crippen LogP contribution in [0.3, 0.4) is 0 Å². The normalized spacial score (nSPS) is 26.5. The molecule has 2 amide bonds. The SMILES string of the molecule is O=C(NC1CCN(Cc2ccccc2)C1=O)C1CC(F)(F)CN1. The fourth-order valence-electron chi connectivity index (χ4n) is 3.01. The highest BCUT2D eigenvalue weighted by Gasteiger charge is 2.43. The number of carbonyl (C=O) groups excluding carboxylic acids is 2. The van der Waals surface area contributed by atoms with E-state index in [0.29, 0.717) is 19.5 Å². The molecule has 2 saturated heterocycles. The summed E-state index contributed by atoms with van der Waals surface area (Å²) in [6.45, 7) is 0.544. The summed E-state index contributed by atoms with van der Waals surface area (Å²) in [5.74, 6) is -3.55. The first kappa shape index (κ1) is 15.9. The minimum absolute atomic E-state index is 0.160. The lowest BCUT2D eigenvalue weighted by Crippen LogP contribution is -2.48. The van der Waals surface area contributed by atoms with Crippen molar-refractivity contribution in [2.24, 2.45) is 0 Å². The molecule has 0 aromatic heterocycles. The Hall–Kier alpha value is -2.02. The number of nitrogens with zero attached hydrogens (tertiary/aromatic N) is 1. The van der Waals surface area contributed by atoms with E-state index in [9.17, 15) is 18.4 Å². The van der Waals surface area contributed by atoms with Gasteiger partial charge in [-0.3, -0.25) is 14.9 Å². The molecule has 5 nitrogen and oxygen atoms in total. The van der Waals surface area contributed by atoms with Gasteiger partial charge >= 0.3 is 0 Å². The quantitative estimate of drug-likeness (QED) is 0.865. The minimum Gasteiger partial charge on any atom is -0.343 e. The van der Waals surface area contributed by atoms with Gasteiger partial charge in [-0.25, -0.2) is 8.78 Å². The summed E-state index contributed by atoms with van der Waals surface area (Å²) in [6, 6.07) is 8.03. The Kier molecular flexibility index (Phi) is 4.30. The summed E-state index contributed by atoms with van der Waals surface area (Å²) in [6.07, 6.45) is -0.0198. The Labute approximate surface area is 133 Å². The van der Waals surface area contributed by atoms with Gasteiger partial charge in [-0.1, -0.05) is 30.3 Å². The van der Waals surface area contributed by atoms with Crippen LogP contribution in [-0.2, 0) is 16.1 Å². The number of alkyl halides is 2. The first-order valence-electron chi connectivity index (χ1n) is 7.69. The van der Waals surface area contributed by atoms with Gasteiger partial charge in [0.05, 0.1) is 12.6 Å². The maximum atomic E-state index is 13.1. The van der Waals surface area contributed by atoms with Crippen molar-refractivity contribution >= 4 is 11.8 Å². The predicted molar refractivity (Wildman–Crippen MR) is 79.8 cm³/mol. The summed E-state index contributed by atoms with van der Waals surface area (Å²) in [5, 5.41) is 5.10. The van der Waals surface area contributed by atoms with Crippen LogP contribution in [0, 0.1) is 0 Å². The molecule has 3 rings (SSSR count). The topological polar surface area (TPSA) is 61.4 Å². The van der Waals surface area contributed by atoms with Crippen LogP contribution in [-0.4, -0.2) is 47.8 Å². The van der Waals surface area contributed by atoms with Crippen molar-refractivity contribution in [2.45, 2.75) is 37.4 Å². The molecule has 7 heteroatoms. The molecule has 0 radical (unpaired) electrons. The average Bonchev–Trinajstić information content (AvgIpc) is 3.05. The van der Waals surface area contributed by atoms with Gasteiger partial charge in [0.15, 0.2) is 0 Å². The molecule has 2 aliphatic rings. The van der Waals surface area contributed by atoms with E-state index < -0.39 is 36.9 Å². The molecule has 2 aliphatic heterocycles. The predicted octanol–water partition coefficient (Wildman–Crippen LogP) is 0.901. The number of likely N-dealkylation sites (tertiary alicyclic amines) is 1. The lowest BCUT2D eigenvalue weighted by atomic mass is 10.1. The summed E-state index contributed by atoms with van der Waals surface area (Å²) >= 11 is 0. The molecule has 124 valence electrons. The highest BCUT2D eigenvalue weighted by atomic mass is 19.3. The number of carbonyl (C=O) groups is 2. The smallest absolute Gasteiger partial charge is 0.262 e. The molecule has 23 heavy (non-hydrogen) atoms. The fourth-order valence-corrected chi connectivity index (χ4v) is 3.01. The maximum Gasteiger partial charge on any atom is 0.262 e. The number of hydrogen-bond acceptors (Lipinski definition) is 3. The molecule has 0 aliphatic carbocycles. The van der Waals surface area contributed by atoms with E-state index in [0.717, 1.165) is 5.56 Å². The fraction of sp³-hybridized carbons (Fsp3) is 0.500. The standard InChI is InChI=1S/C16H19F2N3O2/c17-16(18)8-13(19-10-16)14(22)20-12-6-7-21(15(12)23)9-11-4-2-1-3-5-11/h1-5,12-13,19H,6-10H2,(H,20,22). The van der Waals surface area contributed by atoms with Gasteiger partial charge in [0.1, 0.15) is 6.04 Å². The number of benzene rings is 1. The number of nitrogens with one attached hydrogen (secondary N) is 2. The molecular formula is C16H19F2N3O2. The van der Waals surface area contributed by atoms with Crippen molar-refractivity contribution in [3.63, 3.8) is 0 Å². The Bertz CT molecular complexity index is 594. The lowest BCUT2D eigenvalue weighted by molar-refractivity contribution is -0.133. The molecule has 1 aromatic rings. The first-order chi connectivity index (χ1) is 10.9. The number of amides is 2. The van der Waals surface area contributed by atoms with Gasteiger partial charge in [0.25, 0.3) is 5.92 Å². The summed E-state index contributed by atoms with van der Waals surface area (Å²) in [7, 11) is 0. The summed E-state index contributed by atoms with van der Waals surface area (Å²) in [4.78, 5) is 26.0. The molecule has 2 unspecified atom stereocenters. The Balaban J connectivity index is 1.54. The van der Waals surface area contributed by atoms with Crippen LogP contribution in [0.4, 0.5) is 8.78 Å². The Morgan fingerprint density at radius 3 is 2.74 bits per heavy atom. The minimum atomic E-state index is -2.86. The van der Waals surface area contributed by atoms with Crippen LogP contribution in [0.1, 0.15) is 18.4 Å². The molecule has 1 aromatic carbocycles. The van der Waals surface area contributed by atoms with E-state index >= 15 is 0 Å². The first-order valence-corrected chi connectivity index (χ1v) is 7.69. The largest absolute Gasteiger partial charge is 0.343 e. The van der Waals surface area contributed by atoms with Gasteiger partial charge in [0, 0.05) is 19.5 Å². The molecule has 2 N–H and O–H groups in total. The second-order valence-corrected chi connectivity index (χ2v) is 6.09. The molecular weight excluding hydrogens is 304 g/mol. The monoisotopic (exact) mass is 323 g/mol. The van der Waals surface area contributed by atoms with E-state index in [2.05, 4.69) is 10.6 Å². The van der Waals surface area contributed by atoms with E-state index in [1.54, 1.807) is 4.90 Å². The van der Waals surface area contributed by atoms with Crippen LogP contribution in [0.5, 0.6) is 0 Å². The highest BCUT2D eigenvalue weighted by molar-refractivity contribution is 5.91. The van der Waals surface area contributed by atoms with Crippen molar-refractivity contribution in [1.29, 1.82) is 0 Å². The molecule has 0 bridgehead atoms. The third-order valence-electron chi connectivity index (χ3n) is 4.26. The summed E-state index contributed by atoms with van der Waals surface area (Å²) in [5.41, 5.74) is 1.02. The molecule has 2 fully saturated rings. The van der Waals surface area contributed by atoms with Crippen LogP contribution in [0.2, 0.25) is 0 Å². The van der Waals surface area contributed by atoms with E-state index in [1.807, 2.05) is 30.3 Å². The summed E-state index contributed by atoms with van der Waals surface area (Å²) < 4.78 is 26.3. The molecule has 2 atom stereocenters. The second kappa shape index (κ2) is 6.23. The molecule has 0 spiro atoms. The third kappa shape index (κ3) is 3.67. The van der Waals surface area contributed by atoms with Gasteiger partial charge < -0.3 is 10.2 Å².